The van der Waals surface area contributed by atoms with Crippen LogP contribution in [0.2, 0.25) is 72.5 Å². The number of benzene rings is 1. The molecule has 23 heteroatoms. The van der Waals surface area contributed by atoms with Gasteiger partial charge < -0.3 is 53.6 Å². The molecule has 0 bridgehead atoms. The molecule has 460 valence electrons. The molecule has 0 radical (unpaired) electrons. The lowest BCUT2D eigenvalue weighted by molar-refractivity contribution is -0.140. The molecule has 3 rings (SSSR count). The maximum absolute atomic E-state index is 14.8. The van der Waals surface area contributed by atoms with Gasteiger partial charge in [-0.05, 0) is 122 Å². The van der Waals surface area contributed by atoms with Gasteiger partial charge in [0.05, 0.1) is 18.2 Å². The van der Waals surface area contributed by atoms with E-state index in [2.05, 4.69) is 55.1 Å². The lowest BCUT2D eigenvalue weighted by Gasteiger charge is -2.40. The Hall–Kier alpha value is -5.18. The van der Waals surface area contributed by atoms with Crippen molar-refractivity contribution >= 4 is 62.9 Å². The number of aryl methyl sites for hydroxylation is 2. The highest BCUT2D eigenvalue weighted by Crippen LogP contribution is 2.46. The van der Waals surface area contributed by atoms with E-state index in [0.29, 0.717) is 42.7 Å². The smallest absolute Gasteiger partial charge is 0.305 e. The van der Waals surface area contributed by atoms with E-state index in [-0.39, 0.29) is 114 Å². The molecule has 19 nitrogen and oxygen atoms in total. The van der Waals surface area contributed by atoms with Crippen LogP contribution in [0.4, 0.5) is 0 Å². The van der Waals surface area contributed by atoms with Crippen molar-refractivity contribution in [2.45, 2.75) is 180 Å². The Labute approximate surface area is 492 Å². The second-order valence-electron chi connectivity index (χ2n) is 27.3. The number of unbranched alkanes of at least 4 members (excludes halogenated alkanes) is 2. The number of aromatic nitrogens is 2. The SMILES string of the molecule is COC(=O)CCCCCNC(=O)c1ccc(C(=O)NCCN(CCNC(=O)c2ccn(C)c(=O)c2CC(C)(C)[Si](C)(C)O)CCNC(=O)c2ccn(C)c(=O)c2O[Si](C)(C)C(C)(C)C)c(CC(C)(C)[Si](C)(C)O)c1O[Si](C)(C)C(C)(C)C. The molecule has 0 atom stereocenters. The van der Waals surface area contributed by atoms with Gasteiger partial charge in [0.15, 0.2) is 22.4 Å². The lowest BCUT2D eigenvalue weighted by atomic mass is 9.93. The Morgan fingerprint density at radius 1 is 0.512 bits per heavy atom. The molecule has 0 aliphatic rings. The van der Waals surface area contributed by atoms with Gasteiger partial charge in [-0.3, -0.25) is 38.5 Å². The monoisotopic (exact) mass is 1210 g/mol. The molecule has 2 heterocycles. The van der Waals surface area contributed by atoms with Crippen LogP contribution in [0, 0.1) is 0 Å². The van der Waals surface area contributed by atoms with E-state index in [4.69, 9.17) is 13.6 Å². The molecule has 2 aromatic heterocycles. The average molecular weight is 1210 g/mol. The number of ether oxygens (including phenoxy) is 1. The minimum atomic E-state index is -2.94. The predicted molar refractivity (Wildman–Crippen MR) is 337 cm³/mol. The zero-order valence-electron chi connectivity index (χ0n) is 53.5. The Kier molecular flexibility index (Phi) is 24.4. The topological polar surface area (TPSA) is 249 Å². The number of rotatable bonds is 29. The third kappa shape index (κ3) is 18.9. The second kappa shape index (κ2) is 28.1. The summed E-state index contributed by atoms with van der Waals surface area (Å²) in [5, 5.41) is 10.2. The third-order valence-corrected chi connectivity index (χ3v) is 33.1. The first-order chi connectivity index (χ1) is 37.4. The fourth-order valence-corrected chi connectivity index (χ4v) is 11.2. The van der Waals surface area contributed by atoms with Crippen LogP contribution < -0.4 is 41.2 Å². The standard InChI is InChI=1S/C59H101N7O12Si4/c1-56(2,3)81(18,19)77-48-43(52(70)60-30-24-22-23-25-47(67)76-13)27-26-41(45(48)39-58(7,8)79(14,15)74)50(68)61-31-36-66(37-32-62-51(69)42-28-34-64(11)54(72)46(42)40-59(9,10)80(16,17)75)38-33-63-53(71)44-29-35-65(12)55(73)49(44)78-82(20,21)57(4,5)6/h26-29,34-35,74-75H,22-25,30-33,36-40H2,1-21H3,(H,60,70)(H,61,68)(H,62,69)(H,63,71). The highest BCUT2D eigenvalue weighted by atomic mass is 28.4. The number of hydrogen-bond acceptors (Lipinski definition) is 13. The lowest BCUT2D eigenvalue weighted by Crippen LogP contribution is -2.46. The molecule has 0 unspecified atom stereocenters. The van der Waals surface area contributed by atoms with Crippen molar-refractivity contribution in [3.63, 3.8) is 0 Å². The molecule has 4 amide bonds. The van der Waals surface area contributed by atoms with Crippen LogP contribution in [0.3, 0.4) is 0 Å². The highest BCUT2D eigenvalue weighted by Gasteiger charge is 2.45. The largest absolute Gasteiger partial charge is 0.543 e. The van der Waals surface area contributed by atoms with E-state index >= 15 is 0 Å². The van der Waals surface area contributed by atoms with E-state index in [1.54, 1.807) is 44.6 Å². The van der Waals surface area contributed by atoms with E-state index < -0.39 is 66.6 Å². The summed E-state index contributed by atoms with van der Waals surface area (Å²) in [7, 11) is -6.41. The predicted octanol–water partition coefficient (Wildman–Crippen LogP) is 8.25. The molecular weight excluding hydrogens is 1110 g/mol. The van der Waals surface area contributed by atoms with Gasteiger partial charge in [0, 0.05) is 101 Å². The van der Waals surface area contributed by atoms with Gasteiger partial charge in [0.2, 0.25) is 0 Å². The van der Waals surface area contributed by atoms with Gasteiger partial charge in [0.25, 0.3) is 51.4 Å². The number of carbonyl (C=O) groups excluding carboxylic acids is 5. The second-order valence-corrected chi connectivity index (χ2v) is 45.7. The fourth-order valence-electron chi connectivity index (χ4n) is 7.97. The van der Waals surface area contributed by atoms with Gasteiger partial charge in [-0.25, -0.2) is 0 Å². The average Bonchev–Trinajstić information content (AvgIpc) is 3.56. The number of pyridine rings is 2. The summed E-state index contributed by atoms with van der Waals surface area (Å²) in [5.74, 6) is -1.76. The fraction of sp³-hybridized carbons (Fsp3) is 0.644. The summed E-state index contributed by atoms with van der Waals surface area (Å²) in [6.45, 7) is 37.0. The molecular formula is C59H101N7O12Si4. The Bertz CT molecular complexity index is 2760. The van der Waals surface area contributed by atoms with Gasteiger partial charge in [-0.2, -0.15) is 0 Å². The molecule has 0 saturated carbocycles. The number of methoxy groups -OCH3 is 1. The minimum Gasteiger partial charge on any atom is -0.543 e. The van der Waals surface area contributed by atoms with E-state index in [0.717, 1.165) is 0 Å². The van der Waals surface area contributed by atoms with Crippen molar-refractivity contribution in [3.8, 4) is 11.5 Å². The first kappa shape index (κ1) is 71.1. The Morgan fingerprint density at radius 2 is 0.878 bits per heavy atom. The summed E-state index contributed by atoms with van der Waals surface area (Å²) >= 11 is 0. The summed E-state index contributed by atoms with van der Waals surface area (Å²) < 4.78 is 21.1. The number of nitrogens with one attached hydrogen (secondary N) is 4. The van der Waals surface area contributed by atoms with E-state index in [1.165, 1.54) is 22.4 Å². The number of amides is 4. The molecule has 0 spiro atoms. The van der Waals surface area contributed by atoms with Crippen LogP contribution in [0.25, 0.3) is 0 Å². The molecule has 0 saturated heterocycles. The summed E-state index contributed by atoms with van der Waals surface area (Å²) in [4.78, 5) is 121. The maximum atomic E-state index is 14.8. The number of esters is 1. The van der Waals surface area contributed by atoms with Crippen molar-refractivity contribution in [2.24, 2.45) is 14.1 Å². The first-order valence-electron chi connectivity index (χ1n) is 28.7. The van der Waals surface area contributed by atoms with Crippen LogP contribution in [-0.4, -0.2) is 139 Å². The summed E-state index contributed by atoms with van der Waals surface area (Å²) in [5.41, 5.74) is 0.938. The van der Waals surface area contributed by atoms with Crippen LogP contribution in [0.1, 0.15) is 147 Å². The van der Waals surface area contributed by atoms with Crippen LogP contribution in [0.5, 0.6) is 11.5 Å². The zero-order chi connectivity index (χ0) is 62.8. The zero-order valence-corrected chi connectivity index (χ0v) is 57.5. The highest BCUT2D eigenvalue weighted by molar-refractivity contribution is 6.75. The summed E-state index contributed by atoms with van der Waals surface area (Å²) in [6.07, 6.45) is 5.72. The van der Waals surface area contributed by atoms with Gasteiger partial charge in [0.1, 0.15) is 5.75 Å². The van der Waals surface area contributed by atoms with Crippen LogP contribution in [-0.2, 0) is 36.5 Å². The molecule has 1 aromatic carbocycles. The van der Waals surface area contributed by atoms with Crippen molar-refractivity contribution in [2.75, 3.05) is 52.9 Å². The molecule has 82 heavy (non-hydrogen) atoms. The van der Waals surface area contributed by atoms with Crippen molar-refractivity contribution in [1.29, 1.82) is 0 Å². The number of hydrogen-bond donors (Lipinski definition) is 6. The number of carbonyl (C=O) groups is 5. The van der Waals surface area contributed by atoms with Crippen molar-refractivity contribution in [3.05, 3.63) is 90.7 Å². The van der Waals surface area contributed by atoms with Crippen LogP contribution >= 0.6 is 0 Å². The quantitative estimate of drug-likeness (QED) is 0.0218. The maximum Gasteiger partial charge on any atom is 0.305 e. The molecule has 0 fully saturated rings. The molecule has 6 N–H and O–H groups in total. The van der Waals surface area contributed by atoms with Gasteiger partial charge in [-0.1, -0.05) is 75.7 Å². The Balaban J connectivity index is 2.06. The molecule has 0 aliphatic carbocycles. The number of nitrogens with zero attached hydrogens (tertiary/aromatic N) is 3. The summed E-state index contributed by atoms with van der Waals surface area (Å²) in [6, 6.07) is 6.42. The van der Waals surface area contributed by atoms with E-state index in [1.807, 2.05) is 92.6 Å². The van der Waals surface area contributed by atoms with Crippen LogP contribution in [0.15, 0.2) is 46.2 Å². The first-order valence-corrected chi connectivity index (χ1v) is 40.4. The normalized spacial score (nSPS) is 12.9. The van der Waals surface area contributed by atoms with Crippen molar-refractivity contribution < 1.29 is 47.2 Å². The van der Waals surface area contributed by atoms with Gasteiger partial charge in [-0.15, -0.1) is 0 Å². The molecule has 0 aliphatic heterocycles. The van der Waals surface area contributed by atoms with Crippen molar-refractivity contribution in [1.82, 2.24) is 35.3 Å². The molecule has 3 aromatic rings. The third-order valence-electron chi connectivity index (χ3n) is 17.4. The minimum absolute atomic E-state index is 0.0111. The Morgan fingerprint density at radius 3 is 1.32 bits per heavy atom. The van der Waals surface area contributed by atoms with Gasteiger partial charge >= 0.3 is 5.97 Å². The van der Waals surface area contributed by atoms with E-state index in [9.17, 15) is 43.2 Å².